The fourth-order valence-corrected chi connectivity index (χ4v) is 3.23. The van der Waals surface area contributed by atoms with Crippen LogP contribution in [0.4, 0.5) is 16.4 Å². The van der Waals surface area contributed by atoms with Crippen molar-refractivity contribution in [2.24, 2.45) is 0 Å². The molecule has 1 heterocycles. The summed E-state index contributed by atoms with van der Waals surface area (Å²) in [7, 11) is -1.56. The molecule has 2 N–H and O–H groups in total. The normalized spacial score (nSPS) is 12.8. The van der Waals surface area contributed by atoms with Crippen LogP contribution in [-0.2, 0) is 14.4 Å². The first-order chi connectivity index (χ1) is 11.9. The zero-order valence-corrected chi connectivity index (χ0v) is 16.0. The zero-order valence-electron chi connectivity index (χ0n) is 13.6. The van der Waals surface area contributed by atoms with Crippen LogP contribution in [0.2, 0.25) is 0 Å². The van der Waals surface area contributed by atoms with Gasteiger partial charge in [0, 0.05) is 5.69 Å². The fraction of sp³-hybridized carbons (Fsp3) is 0.200. The van der Waals surface area contributed by atoms with Crippen LogP contribution in [0.5, 0.6) is 5.88 Å². The standard InChI is InChI=1S/C15H17BrN4O4S/c1-4-24-15(21)20-25(3,22)11-7-5-6-10(8-11)18-14-17-9-12(16)13(19-14)23-2/h5-9H,3-4H2,1-2H3,(H,17,18,19)(H,20,21,22). The van der Waals surface area contributed by atoms with E-state index >= 15 is 0 Å². The van der Waals surface area contributed by atoms with Gasteiger partial charge in [-0.15, -0.1) is 0 Å². The number of rotatable bonds is 6. The van der Waals surface area contributed by atoms with Gasteiger partial charge in [0.2, 0.25) is 11.8 Å². The van der Waals surface area contributed by atoms with E-state index in [1.165, 1.54) is 7.11 Å². The molecule has 1 aromatic heterocycles. The summed E-state index contributed by atoms with van der Waals surface area (Å²) in [5, 5.41) is 2.98. The van der Waals surface area contributed by atoms with Gasteiger partial charge in [-0.25, -0.2) is 18.7 Å². The van der Waals surface area contributed by atoms with Crippen molar-refractivity contribution in [2.75, 3.05) is 19.0 Å². The molecule has 25 heavy (non-hydrogen) atoms. The number of carbonyl (C=O) groups is 1. The monoisotopic (exact) mass is 428 g/mol. The molecule has 1 atom stereocenters. The Balaban J connectivity index is 2.22. The molecule has 0 saturated heterocycles. The lowest BCUT2D eigenvalue weighted by Crippen LogP contribution is -2.31. The van der Waals surface area contributed by atoms with Gasteiger partial charge in [0.25, 0.3) is 0 Å². The fourth-order valence-electron chi connectivity index (χ4n) is 1.82. The van der Waals surface area contributed by atoms with Gasteiger partial charge in [0.1, 0.15) is 0 Å². The van der Waals surface area contributed by atoms with E-state index in [1.807, 2.05) is 0 Å². The van der Waals surface area contributed by atoms with Crippen LogP contribution in [0, 0.1) is 0 Å². The number of ether oxygens (including phenoxy) is 2. The molecule has 8 nitrogen and oxygen atoms in total. The second-order valence-corrected chi connectivity index (χ2v) is 7.58. The zero-order chi connectivity index (χ0) is 18.4. The Morgan fingerprint density at radius 2 is 2.20 bits per heavy atom. The Bertz CT molecular complexity index is 874. The minimum Gasteiger partial charge on any atom is -0.480 e. The molecule has 2 aromatic rings. The van der Waals surface area contributed by atoms with Crippen LogP contribution in [0.1, 0.15) is 6.92 Å². The molecule has 0 aliphatic carbocycles. The van der Waals surface area contributed by atoms with Gasteiger partial charge in [-0.1, -0.05) is 6.07 Å². The highest BCUT2D eigenvalue weighted by Gasteiger charge is 2.13. The molecule has 0 radical (unpaired) electrons. The van der Waals surface area contributed by atoms with E-state index in [4.69, 9.17) is 9.47 Å². The van der Waals surface area contributed by atoms with Crippen LogP contribution >= 0.6 is 15.9 Å². The van der Waals surface area contributed by atoms with Crippen LogP contribution in [0.25, 0.3) is 0 Å². The number of methoxy groups -OCH3 is 1. The SMILES string of the molecule is C=S(=O)(NC(=O)OCC)c1cccc(Nc2ncc(Br)c(OC)n2)c1. The second-order valence-electron chi connectivity index (χ2n) is 4.70. The number of halogens is 1. The van der Waals surface area contributed by atoms with Gasteiger partial charge in [0.15, 0.2) is 0 Å². The Kier molecular flexibility index (Phi) is 6.21. The number of benzene rings is 1. The highest BCUT2D eigenvalue weighted by atomic mass is 79.9. The van der Waals surface area contributed by atoms with Crippen molar-refractivity contribution < 1.29 is 18.5 Å². The molecule has 0 aliphatic heterocycles. The van der Waals surface area contributed by atoms with Crippen molar-refractivity contribution in [3.8, 4) is 5.88 Å². The van der Waals surface area contributed by atoms with Crippen molar-refractivity contribution in [3.63, 3.8) is 0 Å². The summed E-state index contributed by atoms with van der Waals surface area (Å²) < 4.78 is 25.3. The van der Waals surface area contributed by atoms with E-state index in [-0.39, 0.29) is 6.61 Å². The summed E-state index contributed by atoms with van der Waals surface area (Å²) in [6.07, 6.45) is 0.757. The molecule has 1 unspecified atom stereocenters. The first-order valence-corrected chi connectivity index (χ1v) is 9.63. The number of amides is 1. The van der Waals surface area contributed by atoms with Crippen LogP contribution in [-0.4, -0.2) is 39.9 Å². The highest BCUT2D eigenvalue weighted by molar-refractivity contribution is 9.10. The van der Waals surface area contributed by atoms with E-state index in [2.05, 4.69) is 41.8 Å². The van der Waals surface area contributed by atoms with Crippen molar-refractivity contribution in [1.82, 2.24) is 14.7 Å². The van der Waals surface area contributed by atoms with Gasteiger partial charge in [0.05, 0.1) is 39.0 Å². The molecule has 0 fully saturated rings. The van der Waals surface area contributed by atoms with Crippen LogP contribution in [0.3, 0.4) is 0 Å². The largest absolute Gasteiger partial charge is 0.480 e. The number of anilines is 2. The average molecular weight is 429 g/mol. The van der Waals surface area contributed by atoms with Crippen molar-refractivity contribution in [1.29, 1.82) is 0 Å². The molecular formula is C15H17BrN4O4S. The van der Waals surface area contributed by atoms with Crippen molar-refractivity contribution in [3.05, 3.63) is 34.9 Å². The quantitative estimate of drug-likeness (QED) is 0.681. The molecular weight excluding hydrogens is 412 g/mol. The molecule has 10 heteroatoms. The minimum absolute atomic E-state index is 0.172. The number of nitrogens with one attached hydrogen (secondary N) is 2. The van der Waals surface area contributed by atoms with E-state index < -0.39 is 15.8 Å². The summed E-state index contributed by atoms with van der Waals surface area (Å²) in [6, 6.07) is 6.59. The molecule has 0 spiro atoms. The van der Waals surface area contributed by atoms with Gasteiger partial charge in [-0.3, -0.25) is 0 Å². The Labute approximate surface area is 154 Å². The maximum Gasteiger partial charge on any atom is 0.418 e. The molecule has 1 aromatic carbocycles. The predicted octanol–water partition coefficient (Wildman–Crippen LogP) is 2.73. The summed E-state index contributed by atoms with van der Waals surface area (Å²) in [6.45, 7) is 1.83. The molecule has 0 aliphatic rings. The lowest BCUT2D eigenvalue weighted by molar-refractivity contribution is 0.159. The second kappa shape index (κ2) is 8.17. The van der Waals surface area contributed by atoms with E-state index in [0.717, 1.165) is 0 Å². The number of aromatic nitrogens is 2. The first kappa shape index (κ1) is 19.0. The van der Waals surface area contributed by atoms with Gasteiger partial charge < -0.3 is 14.8 Å². The van der Waals surface area contributed by atoms with Crippen molar-refractivity contribution >= 4 is 49.2 Å². The topological polar surface area (TPSA) is 102 Å². The van der Waals surface area contributed by atoms with E-state index in [0.29, 0.717) is 26.9 Å². The molecule has 1 amide bonds. The lowest BCUT2D eigenvalue weighted by atomic mass is 10.3. The summed E-state index contributed by atoms with van der Waals surface area (Å²) in [4.78, 5) is 20.1. The van der Waals surface area contributed by atoms with E-state index in [9.17, 15) is 9.00 Å². The van der Waals surface area contributed by atoms with Crippen LogP contribution < -0.4 is 14.8 Å². The number of nitrogens with zero attached hydrogens (tertiary/aromatic N) is 2. The highest BCUT2D eigenvalue weighted by Crippen LogP contribution is 2.24. The molecule has 2 rings (SSSR count). The molecule has 0 saturated carbocycles. The predicted molar refractivity (Wildman–Crippen MR) is 99.7 cm³/mol. The van der Waals surface area contributed by atoms with Gasteiger partial charge >= 0.3 is 6.09 Å². The minimum atomic E-state index is -3.05. The maximum absolute atomic E-state index is 12.6. The summed E-state index contributed by atoms with van der Waals surface area (Å²) >= 11 is 3.27. The Morgan fingerprint density at radius 1 is 1.44 bits per heavy atom. The lowest BCUT2D eigenvalue weighted by Gasteiger charge is -2.13. The first-order valence-electron chi connectivity index (χ1n) is 7.11. The Hall–Kier alpha value is -2.33. The van der Waals surface area contributed by atoms with E-state index in [1.54, 1.807) is 37.4 Å². The average Bonchev–Trinajstić information content (AvgIpc) is 2.56. The smallest absolute Gasteiger partial charge is 0.418 e. The van der Waals surface area contributed by atoms with Crippen LogP contribution in [0.15, 0.2) is 39.8 Å². The van der Waals surface area contributed by atoms with Crippen molar-refractivity contribution in [2.45, 2.75) is 11.8 Å². The number of carbonyl (C=O) groups excluding carboxylic acids is 1. The third kappa shape index (κ3) is 5.07. The summed E-state index contributed by atoms with van der Waals surface area (Å²) in [5.74, 6) is 4.25. The third-order valence-electron chi connectivity index (χ3n) is 2.90. The molecule has 0 bridgehead atoms. The Morgan fingerprint density at radius 3 is 2.88 bits per heavy atom. The third-order valence-corrected chi connectivity index (χ3v) is 4.96. The maximum atomic E-state index is 12.6. The van der Waals surface area contributed by atoms with Gasteiger partial charge in [-0.05, 0) is 46.9 Å². The number of hydrogen-bond acceptors (Lipinski definition) is 7. The van der Waals surface area contributed by atoms with Gasteiger partial charge in [-0.2, -0.15) is 4.98 Å². The number of hydrogen-bond donors (Lipinski definition) is 2. The summed E-state index contributed by atoms with van der Waals surface area (Å²) in [5.41, 5.74) is 0.573. The molecule has 134 valence electrons.